The van der Waals surface area contributed by atoms with E-state index in [1.807, 2.05) is 0 Å². The van der Waals surface area contributed by atoms with E-state index in [4.69, 9.17) is 10.5 Å². The molecule has 1 amide bonds. The number of carbonyl (C=O) groups excluding carboxylic acids is 1. The first-order chi connectivity index (χ1) is 7.72. The van der Waals surface area contributed by atoms with Gasteiger partial charge < -0.3 is 15.8 Å². The molecular weight excluding hydrogens is 204 g/mol. The van der Waals surface area contributed by atoms with Crippen molar-refractivity contribution in [1.82, 2.24) is 5.32 Å². The zero-order valence-corrected chi connectivity index (χ0v) is 10.2. The van der Waals surface area contributed by atoms with Crippen LogP contribution in [0.2, 0.25) is 0 Å². The molecule has 94 valence electrons. The third kappa shape index (κ3) is 5.47. The van der Waals surface area contributed by atoms with Crippen molar-refractivity contribution >= 4 is 5.91 Å². The lowest BCUT2D eigenvalue weighted by molar-refractivity contribution is -0.118. The van der Waals surface area contributed by atoms with Crippen LogP contribution in [-0.2, 0) is 9.53 Å². The van der Waals surface area contributed by atoms with Crippen LogP contribution in [0.5, 0.6) is 0 Å². The van der Waals surface area contributed by atoms with Gasteiger partial charge in [0.2, 0.25) is 5.91 Å². The zero-order valence-electron chi connectivity index (χ0n) is 10.2. The van der Waals surface area contributed by atoms with Gasteiger partial charge in [0, 0.05) is 19.1 Å². The number of primary amides is 1. The maximum atomic E-state index is 10.6. The number of hydrogen-bond donors (Lipinski definition) is 2. The summed E-state index contributed by atoms with van der Waals surface area (Å²) < 4.78 is 5.68. The number of amides is 1. The maximum absolute atomic E-state index is 10.6. The first-order valence-electron chi connectivity index (χ1n) is 6.35. The lowest BCUT2D eigenvalue weighted by Crippen LogP contribution is -2.39. The normalized spacial score (nSPS) is 25.6. The Morgan fingerprint density at radius 3 is 3.06 bits per heavy atom. The van der Waals surface area contributed by atoms with Gasteiger partial charge in [0.15, 0.2) is 0 Å². The first-order valence-corrected chi connectivity index (χ1v) is 6.35. The first kappa shape index (κ1) is 13.5. The van der Waals surface area contributed by atoms with Crippen LogP contribution in [0.25, 0.3) is 0 Å². The van der Waals surface area contributed by atoms with Gasteiger partial charge >= 0.3 is 0 Å². The van der Waals surface area contributed by atoms with Gasteiger partial charge in [0.25, 0.3) is 0 Å². The van der Waals surface area contributed by atoms with Crippen LogP contribution < -0.4 is 11.1 Å². The van der Waals surface area contributed by atoms with Gasteiger partial charge in [-0.3, -0.25) is 4.79 Å². The van der Waals surface area contributed by atoms with E-state index in [2.05, 4.69) is 12.2 Å². The Morgan fingerprint density at radius 1 is 1.56 bits per heavy atom. The van der Waals surface area contributed by atoms with Crippen LogP contribution >= 0.6 is 0 Å². The third-order valence-electron chi connectivity index (χ3n) is 3.01. The molecule has 4 nitrogen and oxygen atoms in total. The van der Waals surface area contributed by atoms with Crippen LogP contribution in [0.1, 0.15) is 45.4 Å². The highest BCUT2D eigenvalue weighted by atomic mass is 16.5. The van der Waals surface area contributed by atoms with Crippen molar-refractivity contribution in [2.45, 2.75) is 57.6 Å². The molecule has 0 radical (unpaired) electrons. The highest BCUT2D eigenvalue weighted by molar-refractivity contribution is 5.73. The van der Waals surface area contributed by atoms with Crippen LogP contribution in [0.15, 0.2) is 0 Å². The lowest BCUT2D eigenvalue weighted by Gasteiger charge is -2.30. The molecule has 0 spiro atoms. The average molecular weight is 228 g/mol. The SMILES string of the molecule is CCCC1CC(NCCCC(N)=O)CCO1. The molecular formula is C12H24N2O2. The summed E-state index contributed by atoms with van der Waals surface area (Å²) in [5.41, 5.74) is 5.09. The van der Waals surface area contributed by atoms with E-state index in [-0.39, 0.29) is 5.91 Å². The van der Waals surface area contributed by atoms with Crippen molar-refractivity contribution in [2.24, 2.45) is 5.73 Å². The van der Waals surface area contributed by atoms with Crippen molar-refractivity contribution in [2.75, 3.05) is 13.2 Å². The second-order valence-electron chi connectivity index (χ2n) is 4.53. The van der Waals surface area contributed by atoms with Gasteiger partial charge in [-0.2, -0.15) is 0 Å². The van der Waals surface area contributed by atoms with Crippen LogP contribution in [0.3, 0.4) is 0 Å². The van der Waals surface area contributed by atoms with E-state index < -0.39 is 0 Å². The molecule has 1 aliphatic rings. The van der Waals surface area contributed by atoms with Crippen molar-refractivity contribution in [3.63, 3.8) is 0 Å². The molecule has 1 rings (SSSR count). The average Bonchev–Trinajstić information content (AvgIpc) is 2.25. The van der Waals surface area contributed by atoms with E-state index in [0.29, 0.717) is 18.6 Å². The molecule has 0 aliphatic carbocycles. The van der Waals surface area contributed by atoms with E-state index >= 15 is 0 Å². The second kappa shape index (κ2) is 7.63. The molecule has 1 fully saturated rings. The minimum absolute atomic E-state index is 0.211. The van der Waals surface area contributed by atoms with Crippen LogP contribution in [-0.4, -0.2) is 31.2 Å². The Hall–Kier alpha value is -0.610. The molecule has 2 unspecified atom stereocenters. The number of hydrogen-bond acceptors (Lipinski definition) is 3. The molecule has 0 aromatic rings. The molecule has 1 saturated heterocycles. The lowest BCUT2D eigenvalue weighted by atomic mass is 10.00. The monoisotopic (exact) mass is 228 g/mol. The Balaban J connectivity index is 2.09. The maximum Gasteiger partial charge on any atom is 0.217 e. The third-order valence-corrected chi connectivity index (χ3v) is 3.01. The summed E-state index contributed by atoms with van der Waals surface area (Å²) in [4.78, 5) is 10.6. The summed E-state index contributed by atoms with van der Waals surface area (Å²) in [5.74, 6) is -0.211. The molecule has 1 heterocycles. The summed E-state index contributed by atoms with van der Waals surface area (Å²) in [6, 6.07) is 0.554. The predicted molar refractivity (Wildman–Crippen MR) is 64.1 cm³/mol. The summed E-state index contributed by atoms with van der Waals surface area (Å²) >= 11 is 0. The Bertz CT molecular complexity index is 207. The fourth-order valence-electron chi connectivity index (χ4n) is 2.16. The van der Waals surface area contributed by atoms with Gasteiger partial charge in [-0.15, -0.1) is 0 Å². The fraction of sp³-hybridized carbons (Fsp3) is 0.917. The van der Waals surface area contributed by atoms with E-state index in [9.17, 15) is 4.79 Å². The fourth-order valence-corrected chi connectivity index (χ4v) is 2.16. The second-order valence-corrected chi connectivity index (χ2v) is 4.53. The molecule has 0 aromatic heterocycles. The van der Waals surface area contributed by atoms with Crippen molar-refractivity contribution in [3.8, 4) is 0 Å². The van der Waals surface area contributed by atoms with Gasteiger partial charge in [-0.1, -0.05) is 13.3 Å². The van der Waals surface area contributed by atoms with Gasteiger partial charge in [-0.25, -0.2) is 0 Å². The van der Waals surface area contributed by atoms with E-state index in [1.54, 1.807) is 0 Å². The van der Waals surface area contributed by atoms with Crippen molar-refractivity contribution < 1.29 is 9.53 Å². The molecule has 3 N–H and O–H groups in total. The molecule has 1 aliphatic heterocycles. The molecule has 0 saturated carbocycles. The molecule has 16 heavy (non-hydrogen) atoms. The highest BCUT2D eigenvalue weighted by Crippen LogP contribution is 2.17. The topological polar surface area (TPSA) is 64.3 Å². The Kier molecular flexibility index (Phi) is 6.42. The number of ether oxygens (including phenoxy) is 1. The van der Waals surface area contributed by atoms with Gasteiger partial charge in [0.05, 0.1) is 6.10 Å². The number of carbonyl (C=O) groups is 1. The Morgan fingerprint density at radius 2 is 2.38 bits per heavy atom. The summed E-state index contributed by atoms with van der Waals surface area (Å²) in [7, 11) is 0. The van der Waals surface area contributed by atoms with E-state index in [1.165, 1.54) is 6.42 Å². The zero-order chi connectivity index (χ0) is 11.8. The molecule has 4 heteroatoms. The summed E-state index contributed by atoms with van der Waals surface area (Å²) in [5, 5.41) is 3.48. The van der Waals surface area contributed by atoms with Crippen LogP contribution in [0, 0.1) is 0 Å². The Labute approximate surface area is 97.9 Å². The quantitative estimate of drug-likeness (QED) is 0.643. The minimum atomic E-state index is -0.211. The smallest absolute Gasteiger partial charge is 0.217 e. The number of rotatable bonds is 7. The number of nitrogens with one attached hydrogen (secondary N) is 1. The van der Waals surface area contributed by atoms with E-state index in [0.717, 1.165) is 38.8 Å². The minimum Gasteiger partial charge on any atom is -0.378 e. The van der Waals surface area contributed by atoms with Crippen molar-refractivity contribution in [1.29, 1.82) is 0 Å². The standard InChI is InChI=1S/C12H24N2O2/c1-2-4-11-9-10(6-8-16-11)14-7-3-5-12(13)15/h10-11,14H,2-9H2,1H3,(H2,13,15). The highest BCUT2D eigenvalue weighted by Gasteiger charge is 2.21. The van der Waals surface area contributed by atoms with Gasteiger partial charge in [0.1, 0.15) is 0 Å². The van der Waals surface area contributed by atoms with Gasteiger partial charge in [-0.05, 0) is 32.2 Å². The summed E-state index contributed by atoms with van der Waals surface area (Å²) in [6.07, 6.45) is 6.26. The van der Waals surface area contributed by atoms with Crippen LogP contribution in [0.4, 0.5) is 0 Å². The molecule has 2 atom stereocenters. The number of nitrogens with two attached hydrogens (primary N) is 1. The largest absolute Gasteiger partial charge is 0.378 e. The predicted octanol–water partition coefficient (Wildman–Crippen LogP) is 1.19. The molecule has 0 bridgehead atoms. The molecule has 0 aromatic carbocycles. The summed E-state index contributed by atoms with van der Waals surface area (Å²) in [6.45, 7) is 3.93. The van der Waals surface area contributed by atoms with Crippen molar-refractivity contribution in [3.05, 3.63) is 0 Å².